The lowest BCUT2D eigenvalue weighted by Gasteiger charge is -2.38. The number of hydrogen-bond donors (Lipinski definition) is 1. The lowest BCUT2D eigenvalue weighted by molar-refractivity contribution is -0.147. The van der Waals surface area contributed by atoms with Crippen molar-refractivity contribution in [2.24, 2.45) is 5.92 Å². The number of carboxylic acids is 1. The second-order valence-electron chi connectivity index (χ2n) is 10.5. The van der Waals surface area contributed by atoms with Crippen molar-refractivity contribution in [1.29, 1.82) is 0 Å². The molecule has 2 fully saturated rings. The van der Waals surface area contributed by atoms with Crippen LogP contribution in [-0.4, -0.2) is 35.6 Å². The molecule has 7 heteroatoms. The van der Waals surface area contributed by atoms with Gasteiger partial charge in [-0.2, -0.15) is 13.2 Å². The Labute approximate surface area is 209 Å². The number of carbonyl (C=O) groups is 1. The third kappa shape index (κ3) is 5.17. The van der Waals surface area contributed by atoms with Crippen molar-refractivity contribution in [2.75, 3.05) is 19.6 Å². The number of rotatable bonds is 7. The largest absolute Gasteiger partial charge is 0.489 e. The fourth-order valence-corrected chi connectivity index (χ4v) is 5.92. The Morgan fingerprint density at radius 1 is 1.08 bits per heavy atom. The molecule has 0 amide bonds. The molecule has 1 N–H and O–H groups in total. The normalized spacial score (nSPS) is 19.3. The Kier molecular flexibility index (Phi) is 6.86. The Hall–Kier alpha value is -2.80. The van der Waals surface area contributed by atoms with E-state index in [1.165, 1.54) is 28.3 Å². The number of hydrogen-bond acceptors (Lipinski definition) is 3. The number of aryl methyl sites for hydroxylation is 1. The summed E-state index contributed by atoms with van der Waals surface area (Å²) >= 11 is 0. The standard InChI is InChI=1S/C29H32F3NO3/c1-18-22(14-33-15-23(16-33)28(34)35)8-7-21-13-24(9-11-25(18)21)36-17-19-6-10-26(20-4-2-3-5-20)27(12-19)29(30,31)32/h6,9-13,20,23H,2-5,7-8,14-17H2,1H3,(H,34,35). The quantitative estimate of drug-likeness (QED) is 0.462. The van der Waals surface area contributed by atoms with Crippen LogP contribution in [0.25, 0.3) is 5.57 Å². The van der Waals surface area contributed by atoms with Gasteiger partial charge in [-0.3, -0.25) is 9.69 Å². The fourth-order valence-electron chi connectivity index (χ4n) is 5.92. The molecule has 4 nitrogen and oxygen atoms in total. The van der Waals surface area contributed by atoms with Gasteiger partial charge in [-0.05, 0) is 84.6 Å². The van der Waals surface area contributed by atoms with E-state index in [2.05, 4.69) is 11.8 Å². The monoisotopic (exact) mass is 499 g/mol. The lowest BCUT2D eigenvalue weighted by Crippen LogP contribution is -2.50. The van der Waals surface area contributed by atoms with E-state index in [4.69, 9.17) is 9.84 Å². The van der Waals surface area contributed by atoms with E-state index in [9.17, 15) is 18.0 Å². The molecule has 0 bridgehead atoms. The van der Waals surface area contributed by atoms with E-state index >= 15 is 0 Å². The second-order valence-corrected chi connectivity index (χ2v) is 10.5. The first-order valence-electron chi connectivity index (χ1n) is 12.8. The number of allylic oxidation sites excluding steroid dienone is 1. The smallest absolute Gasteiger partial charge is 0.416 e. The number of likely N-dealkylation sites (tertiary alicyclic amines) is 1. The van der Waals surface area contributed by atoms with Crippen LogP contribution in [0.1, 0.15) is 72.8 Å². The molecule has 2 aromatic carbocycles. The zero-order chi connectivity index (χ0) is 25.4. The summed E-state index contributed by atoms with van der Waals surface area (Å²) in [6.45, 7) is 4.19. The predicted octanol–water partition coefficient (Wildman–Crippen LogP) is 6.68. The summed E-state index contributed by atoms with van der Waals surface area (Å²) in [6, 6.07) is 10.6. The molecule has 2 aromatic rings. The van der Waals surface area contributed by atoms with Crippen LogP contribution in [-0.2, 0) is 24.0 Å². The molecular weight excluding hydrogens is 467 g/mol. The van der Waals surface area contributed by atoms with Crippen LogP contribution in [0.4, 0.5) is 13.2 Å². The highest BCUT2D eigenvalue weighted by Crippen LogP contribution is 2.42. The molecule has 2 aliphatic carbocycles. The zero-order valence-corrected chi connectivity index (χ0v) is 20.5. The molecule has 0 radical (unpaired) electrons. The van der Waals surface area contributed by atoms with Crippen LogP contribution in [0.2, 0.25) is 0 Å². The van der Waals surface area contributed by atoms with Gasteiger partial charge in [-0.25, -0.2) is 0 Å². The van der Waals surface area contributed by atoms with Crippen molar-refractivity contribution in [3.63, 3.8) is 0 Å². The highest BCUT2D eigenvalue weighted by atomic mass is 19.4. The van der Waals surface area contributed by atoms with Gasteiger partial charge >= 0.3 is 12.1 Å². The van der Waals surface area contributed by atoms with Crippen molar-refractivity contribution in [3.05, 3.63) is 69.8 Å². The Morgan fingerprint density at radius 2 is 1.83 bits per heavy atom. The topological polar surface area (TPSA) is 49.8 Å². The Morgan fingerprint density at radius 3 is 2.53 bits per heavy atom. The molecule has 3 aliphatic rings. The second kappa shape index (κ2) is 9.92. The average molecular weight is 500 g/mol. The van der Waals surface area contributed by atoms with Gasteiger partial charge in [-0.1, -0.05) is 36.6 Å². The van der Waals surface area contributed by atoms with Gasteiger partial charge in [-0.15, -0.1) is 0 Å². The highest BCUT2D eigenvalue weighted by molar-refractivity contribution is 5.73. The molecule has 1 heterocycles. The van der Waals surface area contributed by atoms with E-state index in [-0.39, 0.29) is 18.4 Å². The number of aliphatic carboxylic acids is 1. The molecule has 5 rings (SSSR count). The van der Waals surface area contributed by atoms with Crippen LogP contribution in [0.15, 0.2) is 42.0 Å². The number of carboxylic acid groups (broad SMARTS) is 1. The van der Waals surface area contributed by atoms with Gasteiger partial charge in [0.2, 0.25) is 0 Å². The highest BCUT2D eigenvalue weighted by Gasteiger charge is 2.36. The van der Waals surface area contributed by atoms with Crippen molar-refractivity contribution in [1.82, 2.24) is 4.90 Å². The maximum Gasteiger partial charge on any atom is 0.416 e. The van der Waals surface area contributed by atoms with Gasteiger partial charge in [0.1, 0.15) is 12.4 Å². The number of ether oxygens (including phenoxy) is 1. The molecule has 0 aromatic heterocycles. The summed E-state index contributed by atoms with van der Waals surface area (Å²) in [7, 11) is 0. The zero-order valence-electron chi connectivity index (χ0n) is 20.5. The summed E-state index contributed by atoms with van der Waals surface area (Å²) in [5.74, 6) is -0.325. The third-order valence-electron chi connectivity index (χ3n) is 8.05. The van der Waals surface area contributed by atoms with Crippen LogP contribution in [0.3, 0.4) is 0 Å². The molecule has 192 valence electrons. The summed E-state index contributed by atoms with van der Waals surface area (Å²) in [5, 5.41) is 9.09. The lowest BCUT2D eigenvalue weighted by atomic mass is 9.85. The summed E-state index contributed by atoms with van der Waals surface area (Å²) < 4.78 is 47.3. The van der Waals surface area contributed by atoms with E-state index < -0.39 is 17.7 Å². The first-order chi connectivity index (χ1) is 17.2. The molecule has 0 spiro atoms. The van der Waals surface area contributed by atoms with Gasteiger partial charge in [0, 0.05) is 19.6 Å². The van der Waals surface area contributed by atoms with Crippen molar-refractivity contribution < 1.29 is 27.8 Å². The first kappa shape index (κ1) is 24.9. The molecule has 0 atom stereocenters. The minimum atomic E-state index is -4.37. The Balaban J connectivity index is 1.26. The van der Waals surface area contributed by atoms with Gasteiger partial charge < -0.3 is 9.84 Å². The van der Waals surface area contributed by atoms with Crippen LogP contribution in [0.5, 0.6) is 5.75 Å². The van der Waals surface area contributed by atoms with Gasteiger partial charge in [0.25, 0.3) is 0 Å². The van der Waals surface area contributed by atoms with Crippen LogP contribution in [0, 0.1) is 5.92 Å². The SMILES string of the molecule is CC1=C(CN2CC(C(=O)O)C2)CCc2cc(OCc3ccc(C4CCCC4)c(C(F)(F)F)c3)ccc21. The molecule has 1 aliphatic heterocycles. The van der Waals surface area contributed by atoms with Crippen LogP contribution < -0.4 is 4.74 Å². The molecule has 1 saturated carbocycles. The van der Waals surface area contributed by atoms with Crippen molar-refractivity contribution in [3.8, 4) is 5.75 Å². The minimum absolute atomic E-state index is 0.00175. The molecule has 1 saturated heterocycles. The average Bonchev–Trinajstić information content (AvgIpc) is 3.35. The fraction of sp³-hybridized carbons (Fsp3) is 0.483. The van der Waals surface area contributed by atoms with Gasteiger partial charge in [0.15, 0.2) is 0 Å². The minimum Gasteiger partial charge on any atom is -0.489 e. The number of halogens is 3. The van der Waals surface area contributed by atoms with Crippen LogP contribution >= 0.6 is 0 Å². The summed E-state index contributed by atoms with van der Waals surface area (Å²) in [4.78, 5) is 13.2. The first-order valence-corrected chi connectivity index (χ1v) is 12.8. The molecule has 36 heavy (non-hydrogen) atoms. The summed E-state index contributed by atoms with van der Waals surface area (Å²) in [6.07, 6.45) is 1.04. The molecule has 0 unspecified atom stereocenters. The predicted molar refractivity (Wildman–Crippen MR) is 132 cm³/mol. The van der Waals surface area contributed by atoms with E-state index in [0.29, 0.717) is 30.0 Å². The Bertz CT molecular complexity index is 1170. The number of nitrogens with zero attached hydrogens (tertiary/aromatic N) is 1. The van der Waals surface area contributed by atoms with E-state index in [1.807, 2.05) is 18.2 Å². The number of fused-ring (bicyclic) bond motifs is 1. The van der Waals surface area contributed by atoms with Crippen molar-refractivity contribution >= 4 is 11.5 Å². The third-order valence-corrected chi connectivity index (χ3v) is 8.05. The number of alkyl halides is 3. The molecular formula is C29H32F3NO3. The van der Waals surface area contributed by atoms with E-state index in [1.54, 1.807) is 12.1 Å². The maximum atomic E-state index is 13.8. The number of benzene rings is 2. The van der Waals surface area contributed by atoms with E-state index in [0.717, 1.165) is 45.1 Å². The summed E-state index contributed by atoms with van der Waals surface area (Å²) in [5.41, 5.74) is 5.32. The maximum absolute atomic E-state index is 13.8. The van der Waals surface area contributed by atoms with Gasteiger partial charge in [0.05, 0.1) is 11.5 Å². The van der Waals surface area contributed by atoms with Crippen molar-refractivity contribution in [2.45, 2.75) is 64.1 Å².